The van der Waals surface area contributed by atoms with Crippen LogP contribution in [0.5, 0.6) is 5.75 Å². The molecule has 1 aromatic carbocycles. The number of carbonyl (C=O) groups is 3. The first-order valence-electron chi connectivity index (χ1n) is 7.35. The van der Waals surface area contributed by atoms with Crippen LogP contribution in [-0.4, -0.2) is 36.4 Å². The van der Waals surface area contributed by atoms with E-state index in [1.165, 1.54) is 14.0 Å². The maximum absolute atomic E-state index is 12.0. The molecular formula is C17H23NO5. The lowest BCUT2D eigenvalue weighted by Gasteiger charge is -2.19. The zero-order chi connectivity index (χ0) is 17.6. The summed E-state index contributed by atoms with van der Waals surface area (Å²) in [6.45, 7) is 4.95. The molecule has 0 heterocycles. The van der Waals surface area contributed by atoms with Crippen LogP contribution in [0.4, 0.5) is 0 Å². The van der Waals surface area contributed by atoms with Crippen molar-refractivity contribution in [1.82, 2.24) is 5.32 Å². The predicted molar refractivity (Wildman–Crippen MR) is 85.7 cm³/mol. The Morgan fingerprint density at radius 2 is 1.91 bits per heavy atom. The highest BCUT2D eigenvalue weighted by Gasteiger charge is 2.26. The van der Waals surface area contributed by atoms with Gasteiger partial charge in [-0.2, -0.15) is 0 Å². The zero-order valence-corrected chi connectivity index (χ0v) is 13.9. The fraction of sp³-hybridized carbons (Fsp3) is 0.471. The first kappa shape index (κ1) is 18.7. The molecular weight excluding hydrogens is 298 g/mol. The van der Waals surface area contributed by atoms with Gasteiger partial charge in [-0.25, -0.2) is 0 Å². The molecule has 0 atom stereocenters. The van der Waals surface area contributed by atoms with Crippen molar-refractivity contribution >= 4 is 17.7 Å². The van der Waals surface area contributed by atoms with Crippen molar-refractivity contribution in [3.63, 3.8) is 0 Å². The highest BCUT2D eigenvalue weighted by Crippen LogP contribution is 2.21. The molecule has 1 amide bonds. The van der Waals surface area contributed by atoms with E-state index >= 15 is 0 Å². The summed E-state index contributed by atoms with van der Waals surface area (Å²) < 4.78 is 5.20. The number of ketones is 1. The Hall–Kier alpha value is -2.37. The normalized spacial score (nSPS) is 11.0. The van der Waals surface area contributed by atoms with Gasteiger partial charge in [0.25, 0.3) is 0 Å². The number of ether oxygens (including phenoxy) is 1. The molecule has 6 heteroatoms. The molecule has 0 aliphatic heterocycles. The molecule has 1 aromatic rings. The van der Waals surface area contributed by atoms with Crippen molar-refractivity contribution in [2.24, 2.45) is 5.41 Å². The molecule has 2 N–H and O–H groups in total. The number of aliphatic carboxylic acids is 1. The van der Waals surface area contributed by atoms with E-state index in [0.717, 1.165) is 0 Å². The molecule has 1 rings (SSSR count). The van der Waals surface area contributed by atoms with Crippen LogP contribution in [0.25, 0.3) is 0 Å². The largest absolute Gasteiger partial charge is 0.496 e. The molecule has 0 radical (unpaired) electrons. The average molecular weight is 321 g/mol. The first-order chi connectivity index (χ1) is 10.7. The van der Waals surface area contributed by atoms with Crippen LogP contribution in [0, 0.1) is 5.41 Å². The van der Waals surface area contributed by atoms with Crippen molar-refractivity contribution in [3.05, 3.63) is 29.3 Å². The first-order valence-corrected chi connectivity index (χ1v) is 7.35. The van der Waals surface area contributed by atoms with Gasteiger partial charge in [0, 0.05) is 17.7 Å². The van der Waals surface area contributed by atoms with Gasteiger partial charge in [0.05, 0.1) is 18.9 Å². The van der Waals surface area contributed by atoms with E-state index in [1.807, 2.05) is 0 Å². The van der Waals surface area contributed by atoms with E-state index in [1.54, 1.807) is 32.0 Å². The van der Waals surface area contributed by atoms with Gasteiger partial charge in [-0.15, -0.1) is 0 Å². The monoisotopic (exact) mass is 321 g/mol. The van der Waals surface area contributed by atoms with Gasteiger partial charge in [0.1, 0.15) is 5.75 Å². The quantitative estimate of drug-likeness (QED) is 0.715. The second kappa shape index (κ2) is 7.76. The second-order valence-corrected chi connectivity index (χ2v) is 6.05. The third kappa shape index (κ3) is 5.39. The van der Waals surface area contributed by atoms with Crippen LogP contribution in [0.2, 0.25) is 0 Å². The van der Waals surface area contributed by atoms with Gasteiger partial charge in [0.15, 0.2) is 5.78 Å². The van der Waals surface area contributed by atoms with E-state index < -0.39 is 11.4 Å². The molecule has 23 heavy (non-hydrogen) atoms. The summed E-state index contributed by atoms with van der Waals surface area (Å²) in [5.74, 6) is -0.693. The van der Waals surface area contributed by atoms with Crippen LogP contribution < -0.4 is 10.1 Å². The van der Waals surface area contributed by atoms with E-state index in [4.69, 9.17) is 9.84 Å². The molecule has 0 spiro atoms. The Labute approximate surface area is 135 Å². The number of carboxylic acid groups (broad SMARTS) is 1. The molecule has 0 aromatic heterocycles. The highest BCUT2D eigenvalue weighted by atomic mass is 16.5. The Morgan fingerprint density at radius 3 is 2.43 bits per heavy atom. The molecule has 0 aliphatic rings. The number of methoxy groups -OCH3 is 1. The minimum atomic E-state index is -0.900. The fourth-order valence-corrected chi connectivity index (χ4v) is 1.99. The van der Waals surface area contributed by atoms with E-state index in [2.05, 4.69) is 5.32 Å². The maximum atomic E-state index is 12.0. The number of hydrogen-bond donors (Lipinski definition) is 2. The van der Waals surface area contributed by atoms with Gasteiger partial charge in [-0.05, 0) is 45.4 Å². The maximum Gasteiger partial charge on any atom is 0.309 e. The third-order valence-electron chi connectivity index (χ3n) is 3.69. The highest BCUT2D eigenvalue weighted by molar-refractivity contribution is 5.94. The smallest absolute Gasteiger partial charge is 0.309 e. The van der Waals surface area contributed by atoms with Gasteiger partial charge in [0.2, 0.25) is 5.91 Å². The number of nitrogens with one attached hydrogen (secondary N) is 1. The molecule has 0 fully saturated rings. The Morgan fingerprint density at radius 1 is 1.26 bits per heavy atom. The second-order valence-electron chi connectivity index (χ2n) is 6.05. The van der Waals surface area contributed by atoms with E-state index in [9.17, 15) is 14.4 Å². The van der Waals surface area contributed by atoms with Crippen LogP contribution >= 0.6 is 0 Å². The van der Waals surface area contributed by atoms with Gasteiger partial charge >= 0.3 is 5.97 Å². The summed E-state index contributed by atoms with van der Waals surface area (Å²) in [6, 6.07) is 4.95. The van der Waals surface area contributed by atoms with Gasteiger partial charge < -0.3 is 15.2 Å². The lowest BCUT2D eigenvalue weighted by molar-refractivity contribution is -0.147. The Bertz CT molecular complexity index is 607. The summed E-state index contributed by atoms with van der Waals surface area (Å²) in [7, 11) is 1.50. The lowest BCUT2D eigenvalue weighted by atomic mass is 9.90. The summed E-state index contributed by atoms with van der Waals surface area (Å²) >= 11 is 0. The number of benzene rings is 1. The molecule has 0 bridgehead atoms. The average Bonchev–Trinajstić information content (AvgIpc) is 2.46. The topological polar surface area (TPSA) is 92.7 Å². The van der Waals surface area contributed by atoms with E-state index in [-0.39, 0.29) is 24.7 Å². The third-order valence-corrected chi connectivity index (χ3v) is 3.69. The number of Topliss-reactive ketones (excluding diaryl/α,β-unsaturated/α-hetero) is 1. The Kier molecular flexibility index (Phi) is 6.30. The fourth-order valence-electron chi connectivity index (χ4n) is 1.99. The number of rotatable bonds is 8. The molecule has 0 unspecified atom stereocenters. The minimum absolute atomic E-state index is 0.0673. The van der Waals surface area contributed by atoms with E-state index in [0.29, 0.717) is 23.3 Å². The Balaban J connectivity index is 2.68. The summed E-state index contributed by atoms with van der Waals surface area (Å²) in [6.07, 6.45) is 0.399. The number of carbonyl (C=O) groups excluding carboxylic acids is 2. The minimum Gasteiger partial charge on any atom is -0.496 e. The van der Waals surface area contributed by atoms with Crippen LogP contribution in [-0.2, 0) is 16.0 Å². The molecule has 0 saturated heterocycles. The van der Waals surface area contributed by atoms with Crippen molar-refractivity contribution in [1.29, 1.82) is 0 Å². The lowest BCUT2D eigenvalue weighted by Crippen LogP contribution is -2.32. The summed E-state index contributed by atoms with van der Waals surface area (Å²) in [4.78, 5) is 34.5. The zero-order valence-electron chi connectivity index (χ0n) is 13.9. The molecule has 6 nitrogen and oxygen atoms in total. The predicted octanol–water partition coefficient (Wildman–Crippen LogP) is 2.06. The van der Waals surface area contributed by atoms with Crippen molar-refractivity contribution in [2.75, 3.05) is 13.7 Å². The van der Waals surface area contributed by atoms with Gasteiger partial charge in [-0.1, -0.05) is 0 Å². The van der Waals surface area contributed by atoms with Crippen LogP contribution in [0.1, 0.15) is 43.1 Å². The van der Waals surface area contributed by atoms with Crippen molar-refractivity contribution in [2.45, 2.75) is 33.6 Å². The summed E-state index contributed by atoms with van der Waals surface area (Å²) in [5.41, 5.74) is 0.246. The number of carboxylic acids is 1. The summed E-state index contributed by atoms with van der Waals surface area (Å²) in [5, 5.41) is 11.7. The standard InChI is InChI=1S/C17H23NO5/c1-11(19)12-5-6-14(23-4)13(9-12)10-15(20)18-8-7-17(2,3)16(21)22/h5-6,9H,7-8,10H2,1-4H3,(H,18,20)(H,21,22). The molecule has 0 saturated carbocycles. The van der Waals surface area contributed by atoms with Gasteiger partial charge in [-0.3, -0.25) is 14.4 Å². The van der Waals surface area contributed by atoms with Crippen molar-refractivity contribution in [3.8, 4) is 5.75 Å². The SMILES string of the molecule is COc1ccc(C(C)=O)cc1CC(=O)NCCC(C)(C)C(=O)O. The molecule has 0 aliphatic carbocycles. The van der Waals surface area contributed by atoms with Crippen molar-refractivity contribution < 1.29 is 24.2 Å². The number of amides is 1. The number of hydrogen-bond acceptors (Lipinski definition) is 4. The van der Waals surface area contributed by atoms with Crippen LogP contribution in [0.15, 0.2) is 18.2 Å². The van der Waals surface area contributed by atoms with Crippen LogP contribution in [0.3, 0.4) is 0 Å². The molecule has 126 valence electrons.